The van der Waals surface area contributed by atoms with Crippen LogP contribution in [0.2, 0.25) is 0 Å². The summed E-state index contributed by atoms with van der Waals surface area (Å²) in [6, 6.07) is 10.3. The standard InChI is InChI=1S/C25H41N3O/c1-22(2)14-19(15-23(3,4)26-22)28(21(29)18-12-10-9-11-13-18)20-16-24(5,6)27-25(7,8)17-20/h9-13,19-20,26-27H,14-17H2,1-8H3. The Kier molecular flexibility index (Phi) is 5.68. The molecule has 1 aromatic rings. The Morgan fingerprint density at radius 1 is 0.724 bits per heavy atom. The van der Waals surface area contributed by atoms with E-state index in [0.717, 1.165) is 31.2 Å². The maximum atomic E-state index is 13.9. The van der Waals surface area contributed by atoms with E-state index in [1.165, 1.54) is 0 Å². The van der Waals surface area contributed by atoms with Gasteiger partial charge in [-0.3, -0.25) is 4.79 Å². The van der Waals surface area contributed by atoms with Gasteiger partial charge in [0.15, 0.2) is 0 Å². The van der Waals surface area contributed by atoms with E-state index in [0.29, 0.717) is 0 Å². The first-order valence-corrected chi connectivity index (χ1v) is 11.2. The number of nitrogens with one attached hydrogen (secondary N) is 2. The van der Waals surface area contributed by atoms with Gasteiger partial charge in [0.25, 0.3) is 5.91 Å². The zero-order valence-corrected chi connectivity index (χ0v) is 19.7. The van der Waals surface area contributed by atoms with Crippen LogP contribution in [0.25, 0.3) is 0 Å². The van der Waals surface area contributed by atoms with Crippen molar-refractivity contribution in [2.45, 2.75) is 115 Å². The maximum Gasteiger partial charge on any atom is 0.254 e. The Hall–Kier alpha value is -1.39. The molecule has 2 aliphatic heterocycles. The number of hydrogen-bond acceptors (Lipinski definition) is 3. The predicted molar refractivity (Wildman–Crippen MR) is 121 cm³/mol. The van der Waals surface area contributed by atoms with Crippen LogP contribution < -0.4 is 10.6 Å². The van der Waals surface area contributed by atoms with Crippen molar-refractivity contribution in [3.8, 4) is 0 Å². The third-order valence-corrected chi connectivity index (χ3v) is 6.38. The molecule has 0 saturated carbocycles. The summed E-state index contributed by atoms with van der Waals surface area (Å²) in [7, 11) is 0. The van der Waals surface area contributed by atoms with Gasteiger partial charge in [0, 0.05) is 39.8 Å². The molecule has 2 fully saturated rings. The highest BCUT2D eigenvalue weighted by molar-refractivity contribution is 5.94. The van der Waals surface area contributed by atoms with E-state index >= 15 is 0 Å². The summed E-state index contributed by atoms with van der Waals surface area (Å²) in [5, 5.41) is 7.56. The molecule has 4 heteroatoms. The van der Waals surface area contributed by atoms with Crippen molar-refractivity contribution < 1.29 is 4.79 Å². The molecule has 2 aliphatic rings. The minimum Gasteiger partial charge on any atom is -0.332 e. The molecule has 2 saturated heterocycles. The second kappa shape index (κ2) is 7.39. The Morgan fingerprint density at radius 3 is 1.41 bits per heavy atom. The normalized spacial score (nSPS) is 26.1. The van der Waals surface area contributed by atoms with Gasteiger partial charge in [-0.2, -0.15) is 0 Å². The van der Waals surface area contributed by atoms with Crippen LogP contribution in [0.5, 0.6) is 0 Å². The number of carbonyl (C=O) groups is 1. The summed E-state index contributed by atoms with van der Waals surface area (Å²) in [6.45, 7) is 18.1. The highest BCUT2D eigenvalue weighted by atomic mass is 16.2. The van der Waals surface area contributed by atoms with Gasteiger partial charge in [0.05, 0.1) is 0 Å². The Balaban J connectivity index is 2.01. The van der Waals surface area contributed by atoms with Crippen LogP contribution in [0.3, 0.4) is 0 Å². The SMILES string of the molecule is CC1(C)CC(N(C(=O)c2ccccc2)C2CC(C)(C)NC(C)(C)C2)CC(C)(C)N1. The lowest BCUT2D eigenvalue weighted by molar-refractivity contribution is 0.00363. The number of amides is 1. The molecule has 29 heavy (non-hydrogen) atoms. The third kappa shape index (κ3) is 5.40. The molecule has 0 bridgehead atoms. The fraction of sp³-hybridized carbons (Fsp3) is 0.720. The van der Waals surface area contributed by atoms with Crippen LogP contribution in [-0.4, -0.2) is 45.0 Å². The molecule has 2 heterocycles. The Bertz CT molecular complexity index is 666. The van der Waals surface area contributed by atoms with Crippen molar-refractivity contribution in [2.24, 2.45) is 0 Å². The topological polar surface area (TPSA) is 44.4 Å². The predicted octanol–water partition coefficient (Wildman–Crippen LogP) is 4.75. The number of carbonyl (C=O) groups excluding carboxylic acids is 1. The summed E-state index contributed by atoms with van der Waals surface area (Å²) in [5.41, 5.74) is 0.800. The molecule has 3 rings (SSSR count). The summed E-state index contributed by atoms with van der Waals surface area (Å²) >= 11 is 0. The van der Waals surface area contributed by atoms with Gasteiger partial charge in [-0.05, 0) is 93.2 Å². The zero-order valence-electron chi connectivity index (χ0n) is 19.7. The first kappa shape index (κ1) is 22.3. The van der Waals surface area contributed by atoms with Gasteiger partial charge in [-0.1, -0.05) is 18.2 Å². The first-order valence-electron chi connectivity index (χ1n) is 11.2. The molecule has 1 aromatic carbocycles. The number of piperidine rings is 2. The minimum atomic E-state index is -0.000410. The summed E-state index contributed by atoms with van der Waals surface area (Å²) in [5.74, 6) is 0.183. The molecule has 0 spiro atoms. The molecule has 2 N–H and O–H groups in total. The molecule has 1 amide bonds. The molecule has 0 radical (unpaired) electrons. The average molecular weight is 400 g/mol. The fourth-order valence-corrected chi connectivity index (χ4v) is 6.29. The van der Waals surface area contributed by atoms with E-state index in [2.05, 4.69) is 70.9 Å². The van der Waals surface area contributed by atoms with Crippen LogP contribution >= 0.6 is 0 Å². The molecular weight excluding hydrogens is 358 g/mol. The van der Waals surface area contributed by atoms with Gasteiger partial charge in [-0.25, -0.2) is 0 Å². The van der Waals surface area contributed by atoms with Crippen molar-refractivity contribution in [3.05, 3.63) is 35.9 Å². The molecule has 0 atom stereocenters. The lowest BCUT2D eigenvalue weighted by Crippen LogP contribution is -2.67. The maximum absolute atomic E-state index is 13.9. The van der Waals surface area contributed by atoms with Crippen molar-refractivity contribution in [3.63, 3.8) is 0 Å². The van der Waals surface area contributed by atoms with Crippen LogP contribution in [-0.2, 0) is 0 Å². The second-order valence-electron chi connectivity index (χ2n) is 12.0. The molecule has 0 aliphatic carbocycles. The van der Waals surface area contributed by atoms with Gasteiger partial charge in [-0.15, -0.1) is 0 Å². The lowest BCUT2D eigenvalue weighted by Gasteiger charge is -2.55. The van der Waals surface area contributed by atoms with E-state index in [1.807, 2.05) is 30.3 Å². The molecule has 4 nitrogen and oxygen atoms in total. The highest BCUT2D eigenvalue weighted by Gasteiger charge is 2.47. The Labute approximate surface area is 177 Å². The number of benzene rings is 1. The van der Waals surface area contributed by atoms with Crippen molar-refractivity contribution in [1.29, 1.82) is 0 Å². The molecule has 0 unspecified atom stereocenters. The van der Waals surface area contributed by atoms with Crippen molar-refractivity contribution in [2.75, 3.05) is 0 Å². The quantitative estimate of drug-likeness (QED) is 0.771. The first-order chi connectivity index (χ1) is 13.2. The van der Waals surface area contributed by atoms with Crippen LogP contribution in [0.4, 0.5) is 0 Å². The number of rotatable bonds is 3. The smallest absolute Gasteiger partial charge is 0.254 e. The van der Waals surface area contributed by atoms with Crippen molar-refractivity contribution >= 4 is 5.91 Å². The largest absolute Gasteiger partial charge is 0.332 e. The summed E-state index contributed by atoms with van der Waals surface area (Å²) in [4.78, 5) is 16.1. The number of nitrogens with zero attached hydrogens (tertiary/aromatic N) is 1. The minimum absolute atomic E-state index is 0.000410. The van der Waals surface area contributed by atoms with E-state index in [-0.39, 0.29) is 40.1 Å². The summed E-state index contributed by atoms with van der Waals surface area (Å²) < 4.78 is 0. The molecule has 0 aromatic heterocycles. The monoisotopic (exact) mass is 399 g/mol. The zero-order chi connectivity index (χ0) is 21.7. The van der Waals surface area contributed by atoms with Crippen LogP contribution in [0, 0.1) is 0 Å². The van der Waals surface area contributed by atoms with E-state index < -0.39 is 0 Å². The van der Waals surface area contributed by atoms with Gasteiger partial charge in [0.1, 0.15) is 0 Å². The fourth-order valence-electron chi connectivity index (χ4n) is 6.29. The third-order valence-electron chi connectivity index (χ3n) is 6.38. The summed E-state index contributed by atoms with van der Waals surface area (Å²) in [6.07, 6.45) is 3.89. The van der Waals surface area contributed by atoms with Crippen LogP contribution in [0.1, 0.15) is 91.4 Å². The van der Waals surface area contributed by atoms with Gasteiger partial charge < -0.3 is 15.5 Å². The molecular formula is C25H41N3O. The van der Waals surface area contributed by atoms with Crippen molar-refractivity contribution in [1.82, 2.24) is 15.5 Å². The number of hydrogen-bond donors (Lipinski definition) is 2. The van der Waals surface area contributed by atoms with Gasteiger partial charge in [0.2, 0.25) is 0 Å². The lowest BCUT2D eigenvalue weighted by atomic mass is 9.75. The average Bonchev–Trinajstić information content (AvgIpc) is 2.49. The molecule has 162 valence electrons. The van der Waals surface area contributed by atoms with E-state index in [4.69, 9.17) is 0 Å². The van der Waals surface area contributed by atoms with E-state index in [1.54, 1.807) is 0 Å². The van der Waals surface area contributed by atoms with Crippen LogP contribution in [0.15, 0.2) is 30.3 Å². The second-order valence-corrected chi connectivity index (χ2v) is 12.0. The van der Waals surface area contributed by atoms with E-state index in [9.17, 15) is 4.79 Å². The Morgan fingerprint density at radius 2 is 1.07 bits per heavy atom. The highest BCUT2D eigenvalue weighted by Crippen LogP contribution is 2.38. The van der Waals surface area contributed by atoms with Gasteiger partial charge >= 0.3 is 0 Å².